The van der Waals surface area contributed by atoms with Crippen LogP contribution in [0.5, 0.6) is 11.5 Å². The second-order valence-electron chi connectivity index (χ2n) is 7.43. The average molecular weight is 391 g/mol. The number of methoxy groups -OCH3 is 2. The molecule has 7 nitrogen and oxygen atoms in total. The lowest BCUT2D eigenvalue weighted by Crippen LogP contribution is -2.43. The molecule has 1 amide bonds. The van der Waals surface area contributed by atoms with Crippen LogP contribution in [0.3, 0.4) is 0 Å². The lowest BCUT2D eigenvalue weighted by atomic mass is 9.90. The molecular weight excluding hydrogens is 362 g/mol. The standard InChI is InChI=1S/C21H29NO6/c1-26-18-10-14-8-9-22(20(23)13-28-15-6-4-3-5-7-15)17(12-21(24)25)16(14)11-19(18)27-2/h10-11,15,17H,3-9,12-13H2,1-2H3,(H,24,25)/t17-/m0/s1. The summed E-state index contributed by atoms with van der Waals surface area (Å²) in [5, 5.41) is 9.43. The van der Waals surface area contributed by atoms with E-state index in [2.05, 4.69) is 0 Å². The summed E-state index contributed by atoms with van der Waals surface area (Å²) in [6.45, 7) is 0.469. The van der Waals surface area contributed by atoms with Gasteiger partial charge < -0.3 is 24.2 Å². The first kappa shape index (κ1) is 20.5. The quantitative estimate of drug-likeness (QED) is 0.769. The summed E-state index contributed by atoms with van der Waals surface area (Å²) in [6, 6.07) is 3.13. The van der Waals surface area contributed by atoms with E-state index in [1.807, 2.05) is 6.07 Å². The molecule has 1 N–H and O–H groups in total. The van der Waals surface area contributed by atoms with E-state index in [1.54, 1.807) is 25.2 Å². The summed E-state index contributed by atoms with van der Waals surface area (Å²) >= 11 is 0. The Labute approximate surface area is 165 Å². The van der Waals surface area contributed by atoms with Gasteiger partial charge in [-0.2, -0.15) is 0 Å². The highest BCUT2D eigenvalue weighted by atomic mass is 16.5. The van der Waals surface area contributed by atoms with Crippen molar-refractivity contribution in [3.63, 3.8) is 0 Å². The maximum atomic E-state index is 12.9. The average Bonchev–Trinajstić information content (AvgIpc) is 2.71. The SMILES string of the molecule is COc1cc2c(cc1OC)[C@H](CC(=O)O)N(C(=O)COC1CCCCC1)CC2. The van der Waals surface area contributed by atoms with Gasteiger partial charge in [0.15, 0.2) is 11.5 Å². The molecule has 0 spiro atoms. The minimum atomic E-state index is -0.946. The molecule has 1 aliphatic carbocycles. The smallest absolute Gasteiger partial charge is 0.305 e. The number of carboxylic acids is 1. The molecular formula is C21H29NO6. The summed E-state index contributed by atoms with van der Waals surface area (Å²) in [5.74, 6) is 0.0380. The molecule has 0 unspecified atom stereocenters. The zero-order chi connectivity index (χ0) is 20.1. The number of amides is 1. The number of benzene rings is 1. The first-order valence-corrected chi connectivity index (χ1v) is 9.91. The van der Waals surface area contributed by atoms with E-state index in [9.17, 15) is 14.7 Å². The number of carboxylic acid groups (broad SMARTS) is 1. The van der Waals surface area contributed by atoms with Gasteiger partial charge in [-0.3, -0.25) is 9.59 Å². The molecule has 1 saturated carbocycles. The summed E-state index contributed by atoms with van der Waals surface area (Å²) in [7, 11) is 3.11. The molecule has 0 radical (unpaired) electrons. The van der Waals surface area contributed by atoms with Gasteiger partial charge in [0.1, 0.15) is 6.61 Å². The molecule has 0 aromatic heterocycles. The van der Waals surface area contributed by atoms with Gasteiger partial charge in [0.2, 0.25) is 5.91 Å². The van der Waals surface area contributed by atoms with Crippen molar-refractivity contribution in [3.05, 3.63) is 23.3 Å². The third kappa shape index (κ3) is 4.58. The minimum absolute atomic E-state index is 0.00338. The molecule has 7 heteroatoms. The molecule has 1 aliphatic heterocycles. The van der Waals surface area contributed by atoms with Gasteiger partial charge in [-0.15, -0.1) is 0 Å². The first-order valence-electron chi connectivity index (χ1n) is 9.91. The number of hydrogen-bond acceptors (Lipinski definition) is 5. The van der Waals surface area contributed by atoms with Gasteiger partial charge in [0, 0.05) is 6.54 Å². The van der Waals surface area contributed by atoms with Crippen molar-refractivity contribution in [1.29, 1.82) is 0 Å². The van der Waals surface area contributed by atoms with Gasteiger partial charge in [-0.25, -0.2) is 0 Å². The zero-order valence-corrected chi connectivity index (χ0v) is 16.6. The lowest BCUT2D eigenvalue weighted by molar-refractivity contribution is -0.145. The normalized spacial score (nSPS) is 19.8. The Morgan fingerprint density at radius 1 is 1.11 bits per heavy atom. The Kier molecular flexibility index (Phi) is 6.78. The van der Waals surface area contributed by atoms with Crippen LogP contribution >= 0.6 is 0 Å². The van der Waals surface area contributed by atoms with Crippen LogP contribution in [0.15, 0.2) is 12.1 Å². The van der Waals surface area contributed by atoms with Crippen molar-refractivity contribution in [1.82, 2.24) is 4.90 Å². The second-order valence-corrected chi connectivity index (χ2v) is 7.43. The number of carbonyl (C=O) groups is 2. The Hall–Kier alpha value is -2.28. The molecule has 1 atom stereocenters. The molecule has 28 heavy (non-hydrogen) atoms. The summed E-state index contributed by atoms with van der Waals surface area (Å²) in [6.07, 6.45) is 6.11. The van der Waals surface area contributed by atoms with Gasteiger partial charge in [0.05, 0.1) is 32.8 Å². The highest BCUT2D eigenvalue weighted by molar-refractivity contribution is 5.80. The Balaban J connectivity index is 1.79. The Bertz CT molecular complexity index is 713. The highest BCUT2D eigenvalue weighted by Crippen LogP contribution is 2.39. The van der Waals surface area contributed by atoms with E-state index >= 15 is 0 Å². The maximum Gasteiger partial charge on any atom is 0.305 e. The number of fused-ring (bicyclic) bond motifs is 1. The van der Waals surface area contributed by atoms with Crippen molar-refractivity contribution < 1.29 is 28.9 Å². The van der Waals surface area contributed by atoms with E-state index in [0.29, 0.717) is 24.5 Å². The Morgan fingerprint density at radius 2 is 1.79 bits per heavy atom. The zero-order valence-electron chi connectivity index (χ0n) is 16.6. The number of rotatable bonds is 7. The van der Waals surface area contributed by atoms with Gasteiger partial charge >= 0.3 is 5.97 Å². The molecule has 0 saturated heterocycles. The van der Waals surface area contributed by atoms with Gasteiger partial charge in [-0.1, -0.05) is 19.3 Å². The fraction of sp³-hybridized carbons (Fsp3) is 0.619. The predicted octanol–water partition coefficient (Wildman–Crippen LogP) is 2.95. The van der Waals surface area contributed by atoms with Crippen LogP contribution in [0.25, 0.3) is 0 Å². The maximum absolute atomic E-state index is 12.9. The van der Waals surface area contributed by atoms with Gasteiger partial charge in [0.25, 0.3) is 0 Å². The van der Waals surface area contributed by atoms with Crippen molar-refractivity contribution in [2.75, 3.05) is 27.4 Å². The van der Waals surface area contributed by atoms with Crippen molar-refractivity contribution in [2.24, 2.45) is 0 Å². The monoisotopic (exact) mass is 391 g/mol. The molecule has 1 heterocycles. The largest absolute Gasteiger partial charge is 0.493 e. The van der Waals surface area contributed by atoms with Crippen molar-refractivity contribution >= 4 is 11.9 Å². The van der Waals surface area contributed by atoms with E-state index < -0.39 is 12.0 Å². The fourth-order valence-corrected chi connectivity index (χ4v) is 4.22. The number of hydrogen-bond donors (Lipinski definition) is 1. The molecule has 1 aromatic carbocycles. The van der Waals surface area contributed by atoms with Crippen LogP contribution in [0.1, 0.15) is 55.7 Å². The van der Waals surface area contributed by atoms with Crippen LogP contribution in [0.2, 0.25) is 0 Å². The molecule has 154 valence electrons. The predicted molar refractivity (Wildman–Crippen MR) is 103 cm³/mol. The molecule has 3 rings (SSSR count). The number of carbonyl (C=O) groups excluding carboxylic acids is 1. The van der Waals surface area contributed by atoms with Crippen LogP contribution in [-0.4, -0.2) is 55.4 Å². The van der Waals surface area contributed by atoms with Crippen molar-refractivity contribution in [2.45, 2.75) is 57.1 Å². The van der Waals surface area contributed by atoms with Crippen LogP contribution in [-0.2, 0) is 20.7 Å². The van der Waals surface area contributed by atoms with E-state index in [4.69, 9.17) is 14.2 Å². The molecule has 1 aromatic rings. The lowest BCUT2D eigenvalue weighted by Gasteiger charge is -2.37. The summed E-state index contributed by atoms with van der Waals surface area (Å²) in [4.78, 5) is 26.0. The third-order valence-corrected chi connectivity index (χ3v) is 5.69. The third-order valence-electron chi connectivity index (χ3n) is 5.69. The van der Waals surface area contributed by atoms with Gasteiger partial charge in [-0.05, 0) is 42.5 Å². The topological polar surface area (TPSA) is 85.3 Å². The van der Waals surface area contributed by atoms with Crippen LogP contribution in [0, 0.1) is 0 Å². The molecule has 1 fully saturated rings. The number of nitrogens with zero attached hydrogens (tertiary/aromatic N) is 1. The highest BCUT2D eigenvalue weighted by Gasteiger charge is 2.34. The van der Waals surface area contributed by atoms with Crippen LogP contribution in [0.4, 0.5) is 0 Å². The molecule has 2 aliphatic rings. The summed E-state index contributed by atoms with van der Waals surface area (Å²) < 4.78 is 16.6. The van der Waals surface area contributed by atoms with E-state index in [1.165, 1.54) is 6.42 Å². The second kappa shape index (κ2) is 9.28. The van der Waals surface area contributed by atoms with Crippen molar-refractivity contribution in [3.8, 4) is 11.5 Å². The molecule has 0 bridgehead atoms. The first-order chi connectivity index (χ1) is 13.5. The summed E-state index contributed by atoms with van der Waals surface area (Å²) in [5.41, 5.74) is 1.79. The van der Waals surface area contributed by atoms with E-state index in [0.717, 1.165) is 36.8 Å². The number of aliphatic carboxylic acids is 1. The number of ether oxygens (including phenoxy) is 3. The fourth-order valence-electron chi connectivity index (χ4n) is 4.22. The minimum Gasteiger partial charge on any atom is -0.493 e. The Morgan fingerprint density at radius 3 is 2.43 bits per heavy atom. The van der Waals surface area contributed by atoms with Crippen LogP contribution < -0.4 is 9.47 Å². The van der Waals surface area contributed by atoms with E-state index in [-0.39, 0.29) is 25.0 Å².